The van der Waals surface area contributed by atoms with E-state index in [0.29, 0.717) is 5.70 Å². The Hall–Kier alpha value is -0.600. The van der Waals surface area contributed by atoms with Crippen LogP contribution < -0.4 is 0 Å². The molecule has 0 aliphatic rings. The summed E-state index contributed by atoms with van der Waals surface area (Å²) in [6.07, 6.45) is 0. The molecule has 0 fully saturated rings. The topological polar surface area (TPSA) is 3.24 Å². The molecule has 0 radical (unpaired) electrons. The average molecular weight is 135 g/mol. The van der Waals surface area contributed by atoms with Crippen LogP contribution in [0.25, 0.3) is 0 Å². The van der Waals surface area contributed by atoms with Gasteiger partial charge in [0.2, 0.25) is 0 Å². The SMILES string of the molecule is C=C(C)N(CF)CCF. The van der Waals surface area contributed by atoms with Crippen LogP contribution in [-0.4, -0.2) is 24.9 Å². The van der Waals surface area contributed by atoms with Crippen LogP contribution in [0.3, 0.4) is 0 Å². The Morgan fingerprint density at radius 1 is 1.56 bits per heavy atom. The summed E-state index contributed by atoms with van der Waals surface area (Å²) in [4.78, 5) is 1.24. The Balaban J connectivity index is 3.54. The summed E-state index contributed by atoms with van der Waals surface area (Å²) in [6, 6.07) is 0. The highest BCUT2D eigenvalue weighted by molar-refractivity contribution is 4.86. The summed E-state index contributed by atoms with van der Waals surface area (Å²) in [7, 11) is 0. The average Bonchev–Trinajstić information content (AvgIpc) is 1.82. The molecule has 0 heterocycles. The monoisotopic (exact) mass is 135 g/mol. The van der Waals surface area contributed by atoms with Crippen LogP contribution in [0.2, 0.25) is 0 Å². The fraction of sp³-hybridized carbons (Fsp3) is 0.667. The number of hydrogen-bond acceptors (Lipinski definition) is 1. The third-order valence-corrected chi connectivity index (χ3v) is 1.04. The number of allylic oxidation sites excluding steroid dienone is 1. The summed E-state index contributed by atoms with van der Waals surface area (Å²) in [5.41, 5.74) is 0.565. The first-order valence-corrected chi connectivity index (χ1v) is 2.74. The van der Waals surface area contributed by atoms with Crippen LogP contribution in [0.1, 0.15) is 6.92 Å². The van der Waals surface area contributed by atoms with Crippen molar-refractivity contribution in [1.29, 1.82) is 0 Å². The molecule has 0 aromatic rings. The molecule has 0 aromatic carbocycles. The third kappa shape index (κ3) is 3.06. The predicted molar refractivity (Wildman–Crippen MR) is 33.5 cm³/mol. The molecule has 0 N–H and O–H groups in total. The zero-order valence-corrected chi connectivity index (χ0v) is 5.53. The van der Waals surface area contributed by atoms with Gasteiger partial charge in [-0.3, -0.25) is 0 Å². The van der Waals surface area contributed by atoms with Crippen molar-refractivity contribution in [3.63, 3.8) is 0 Å². The van der Waals surface area contributed by atoms with Gasteiger partial charge in [-0.1, -0.05) is 6.58 Å². The van der Waals surface area contributed by atoms with Crippen molar-refractivity contribution in [2.45, 2.75) is 6.92 Å². The number of alkyl halides is 2. The second-order valence-corrected chi connectivity index (χ2v) is 1.81. The van der Waals surface area contributed by atoms with E-state index in [1.54, 1.807) is 6.92 Å². The predicted octanol–water partition coefficient (Wildman–Crippen LogP) is 1.72. The number of rotatable bonds is 4. The van der Waals surface area contributed by atoms with Gasteiger partial charge < -0.3 is 4.90 Å². The van der Waals surface area contributed by atoms with Gasteiger partial charge in [0.1, 0.15) is 6.67 Å². The molecule has 0 unspecified atom stereocenters. The molecule has 3 heteroatoms. The van der Waals surface area contributed by atoms with Gasteiger partial charge in [-0.2, -0.15) is 0 Å². The molecular weight excluding hydrogens is 124 g/mol. The summed E-state index contributed by atoms with van der Waals surface area (Å²) in [5.74, 6) is 0. The fourth-order valence-corrected chi connectivity index (χ4v) is 0.455. The fourth-order valence-electron chi connectivity index (χ4n) is 0.455. The summed E-state index contributed by atoms with van der Waals surface area (Å²) in [6.45, 7) is 4.03. The largest absolute Gasteiger partial charge is 0.346 e. The van der Waals surface area contributed by atoms with Gasteiger partial charge in [-0.25, -0.2) is 8.78 Å². The van der Waals surface area contributed by atoms with Gasteiger partial charge in [0.25, 0.3) is 0 Å². The van der Waals surface area contributed by atoms with E-state index >= 15 is 0 Å². The Morgan fingerprint density at radius 3 is 2.22 bits per heavy atom. The van der Waals surface area contributed by atoms with Crippen LogP contribution >= 0.6 is 0 Å². The Kier molecular flexibility index (Phi) is 4.01. The zero-order chi connectivity index (χ0) is 7.28. The molecule has 9 heavy (non-hydrogen) atoms. The summed E-state index contributed by atoms with van der Waals surface area (Å²) >= 11 is 0. The molecule has 0 aliphatic heterocycles. The van der Waals surface area contributed by atoms with E-state index in [9.17, 15) is 8.78 Å². The molecule has 0 aromatic heterocycles. The van der Waals surface area contributed by atoms with Crippen molar-refractivity contribution in [3.05, 3.63) is 12.3 Å². The lowest BCUT2D eigenvalue weighted by Gasteiger charge is -2.17. The van der Waals surface area contributed by atoms with Crippen LogP contribution in [0.5, 0.6) is 0 Å². The lowest BCUT2D eigenvalue weighted by Crippen LogP contribution is -2.22. The second-order valence-electron chi connectivity index (χ2n) is 1.81. The lowest BCUT2D eigenvalue weighted by molar-refractivity contribution is 0.217. The van der Waals surface area contributed by atoms with Crippen LogP contribution in [0, 0.1) is 0 Å². The number of nitrogens with zero attached hydrogens (tertiary/aromatic N) is 1. The molecule has 0 aliphatic carbocycles. The van der Waals surface area contributed by atoms with Gasteiger partial charge >= 0.3 is 0 Å². The maximum atomic E-state index is 11.8. The first kappa shape index (κ1) is 8.40. The highest BCUT2D eigenvalue weighted by Gasteiger charge is 1.99. The molecular formula is C6H11F2N. The zero-order valence-electron chi connectivity index (χ0n) is 5.53. The van der Waals surface area contributed by atoms with Crippen molar-refractivity contribution in [2.24, 2.45) is 0 Å². The molecule has 0 saturated heterocycles. The van der Waals surface area contributed by atoms with Crippen molar-refractivity contribution in [3.8, 4) is 0 Å². The van der Waals surface area contributed by atoms with Crippen LogP contribution in [-0.2, 0) is 0 Å². The van der Waals surface area contributed by atoms with Crippen molar-refractivity contribution in [1.82, 2.24) is 4.90 Å². The summed E-state index contributed by atoms with van der Waals surface area (Å²) < 4.78 is 23.3. The quantitative estimate of drug-likeness (QED) is 0.530. The maximum absolute atomic E-state index is 11.8. The van der Waals surface area contributed by atoms with E-state index in [-0.39, 0.29) is 6.54 Å². The molecule has 0 atom stereocenters. The second kappa shape index (κ2) is 4.30. The maximum Gasteiger partial charge on any atom is 0.161 e. The molecule has 0 bridgehead atoms. The first-order valence-electron chi connectivity index (χ1n) is 2.74. The third-order valence-electron chi connectivity index (χ3n) is 1.04. The minimum atomic E-state index is -0.654. The molecule has 0 spiro atoms. The number of halogens is 2. The van der Waals surface area contributed by atoms with Crippen molar-refractivity contribution < 1.29 is 8.78 Å². The minimum absolute atomic E-state index is 0.103. The molecule has 0 saturated carbocycles. The Labute approximate surface area is 54.0 Å². The van der Waals surface area contributed by atoms with E-state index in [0.717, 1.165) is 0 Å². The summed E-state index contributed by atoms with van der Waals surface area (Å²) in [5, 5.41) is 0. The lowest BCUT2D eigenvalue weighted by atomic mass is 10.5. The smallest absolute Gasteiger partial charge is 0.161 e. The number of hydrogen-bond donors (Lipinski definition) is 0. The molecule has 0 rings (SSSR count). The highest BCUT2D eigenvalue weighted by atomic mass is 19.1. The highest BCUT2D eigenvalue weighted by Crippen LogP contribution is 1.98. The van der Waals surface area contributed by atoms with Crippen molar-refractivity contribution >= 4 is 0 Å². The van der Waals surface area contributed by atoms with Gasteiger partial charge in [-0.05, 0) is 6.92 Å². The van der Waals surface area contributed by atoms with E-state index in [4.69, 9.17) is 0 Å². The first-order chi connectivity index (χ1) is 4.22. The van der Waals surface area contributed by atoms with E-state index < -0.39 is 13.5 Å². The standard InChI is InChI=1S/C6H11F2N/c1-6(2)9(5-8)4-3-7/h1,3-5H2,2H3. The van der Waals surface area contributed by atoms with Crippen LogP contribution in [0.4, 0.5) is 8.78 Å². The molecule has 1 nitrogen and oxygen atoms in total. The van der Waals surface area contributed by atoms with E-state index in [2.05, 4.69) is 6.58 Å². The normalized spacial score (nSPS) is 9.22. The van der Waals surface area contributed by atoms with Gasteiger partial charge in [0.05, 0.1) is 0 Å². The van der Waals surface area contributed by atoms with Gasteiger partial charge in [0, 0.05) is 12.2 Å². The molecule has 54 valence electrons. The van der Waals surface area contributed by atoms with Gasteiger partial charge in [0.15, 0.2) is 6.80 Å². The molecule has 0 amide bonds. The Morgan fingerprint density at radius 2 is 2.11 bits per heavy atom. The van der Waals surface area contributed by atoms with Crippen molar-refractivity contribution in [2.75, 3.05) is 20.0 Å². The van der Waals surface area contributed by atoms with E-state index in [1.165, 1.54) is 4.90 Å². The van der Waals surface area contributed by atoms with Crippen LogP contribution in [0.15, 0.2) is 12.3 Å². The van der Waals surface area contributed by atoms with E-state index in [1.807, 2.05) is 0 Å². The van der Waals surface area contributed by atoms with Gasteiger partial charge in [-0.15, -0.1) is 0 Å². The Bertz CT molecular complexity index is 93.1. The minimum Gasteiger partial charge on any atom is -0.346 e.